The number of hydrogen-bond acceptors (Lipinski definition) is 3. The Bertz CT molecular complexity index is 816. The Morgan fingerprint density at radius 3 is 2.37 bits per heavy atom. The van der Waals surface area contributed by atoms with Crippen molar-refractivity contribution in [2.24, 2.45) is 0 Å². The van der Waals surface area contributed by atoms with Crippen molar-refractivity contribution in [3.05, 3.63) is 70.7 Å². The Morgan fingerprint density at radius 1 is 1.03 bits per heavy atom. The summed E-state index contributed by atoms with van der Waals surface area (Å²) in [6.45, 7) is 6.38. The van der Waals surface area contributed by atoms with Crippen molar-refractivity contribution in [2.75, 3.05) is 5.75 Å². The predicted octanol–water partition coefficient (Wildman–Crippen LogP) is 5.30. The quantitative estimate of drug-likeness (QED) is 0.509. The second-order valence-corrected chi connectivity index (χ2v) is 8.79. The molecule has 0 bridgehead atoms. The van der Waals surface area contributed by atoms with Gasteiger partial charge in [-0.3, -0.25) is 9.59 Å². The molecule has 2 aromatic rings. The van der Waals surface area contributed by atoms with Gasteiger partial charge in [0.1, 0.15) is 6.04 Å². The summed E-state index contributed by atoms with van der Waals surface area (Å²) in [6, 6.07) is 17.1. The van der Waals surface area contributed by atoms with Gasteiger partial charge < -0.3 is 10.2 Å². The lowest BCUT2D eigenvalue weighted by Crippen LogP contribution is -2.51. The first-order valence-electron chi connectivity index (χ1n) is 10.4. The van der Waals surface area contributed by atoms with Crippen LogP contribution in [0.3, 0.4) is 0 Å². The van der Waals surface area contributed by atoms with E-state index in [1.54, 1.807) is 4.90 Å². The highest BCUT2D eigenvalue weighted by Crippen LogP contribution is 2.19. The van der Waals surface area contributed by atoms with Gasteiger partial charge >= 0.3 is 0 Å². The molecule has 0 saturated carbocycles. The number of hydrogen-bond donors (Lipinski definition) is 1. The van der Waals surface area contributed by atoms with E-state index in [4.69, 9.17) is 11.6 Å². The summed E-state index contributed by atoms with van der Waals surface area (Å²) in [7, 11) is 0. The van der Waals surface area contributed by atoms with E-state index in [-0.39, 0.29) is 17.9 Å². The third kappa shape index (κ3) is 7.69. The van der Waals surface area contributed by atoms with Gasteiger partial charge in [0, 0.05) is 23.4 Å². The monoisotopic (exact) mass is 446 g/mol. The van der Waals surface area contributed by atoms with Crippen LogP contribution in [0, 0.1) is 0 Å². The second kappa shape index (κ2) is 12.7. The van der Waals surface area contributed by atoms with Crippen LogP contribution < -0.4 is 5.32 Å². The first-order valence-corrected chi connectivity index (χ1v) is 11.9. The molecule has 162 valence electrons. The number of carbonyl (C=O) groups excluding carboxylic acids is 2. The zero-order valence-corrected chi connectivity index (χ0v) is 19.5. The number of benzene rings is 2. The fourth-order valence-corrected chi connectivity index (χ4v) is 4.18. The lowest BCUT2D eigenvalue weighted by atomic mass is 10.1. The van der Waals surface area contributed by atoms with E-state index >= 15 is 0 Å². The minimum atomic E-state index is -0.488. The van der Waals surface area contributed by atoms with Crippen LogP contribution in [0.2, 0.25) is 5.02 Å². The molecule has 4 nitrogen and oxygen atoms in total. The molecule has 0 aromatic heterocycles. The van der Waals surface area contributed by atoms with Crippen LogP contribution in [-0.4, -0.2) is 34.6 Å². The van der Waals surface area contributed by atoms with Crippen molar-refractivity contribution in [1.29, 1.82) is 0 Å². The van der Waals surface area contributed by atoms with Gasteiger partial charge in [0.15, 0.2) is 0 Å². The molecule has 0 heterocycles. The first kappa shape index (κ1) is 24.3. The van der Waals surface area contributed by atoms with E-state index in [1.165, 1.54) is 11.8 Å². The van der Waals surface area contributed by atoms with E-state index in [0.717, 1.165) is 17.5 Å². The third-order valence-electron chi connectivity index (χ3n) is 4.97. The molecule has 0 fully saturated rings. The number of halogens is 1. The van der Waals surface area contributed by atoms with Gasteiger partial charge in [0.05, 0.1) is 5.75 Å². The van der Waals surface area contributed by atoms with Crippen molar-refractivity contribution in [1.82, 2.24) is 10.2 Å². The van der Waals surface area contributed by atoms with Gasteiger partial charge in [-0.05, 0) is 43.0 Å². The molecular formula is C24H31ClN2O2S. The molecular weight excluding hydrogens is 416 g/mol. The molecule has 0 radical (unpaired) electrons. The molecule has 6 heteroatoms. The highest BCUT2D eigenvalue weighted by Gasteiger charge is 2.29. The number of rotatable bonds is 11. The van der Waals surface area contributed by atoms with Crippen LogP contribution >= 0.6 is 23.4 Å². The second-order valence-electron chi connectivity index (χ2n) is 7.37. The highest BCUT2D eigenvalue weighted by molar-refractivity contribution is 7.99. The van der Waals surface area contributed by atoms with Crippen LogP contribution in [0.4, 0.5) is 0 Å². The fraction of sp³-hybridized carbons (Fsp3) is 0.417. The maximum atomic E-state index is 13.2. The van der Waals surface area contributed by atoms with Gasteiger partial charge in [-0.1, -0.05) is 67.9 Å². The molecule has 2 aromatic carbocycles. The Balaban J connectivity index is 2.10. The summed E-state index contributed by atoms with van der Waals surface area (Å²) in [4.78, 5) is 27.8. The summed E-state index contributed by atoms with van der Waals surface area (Å²) >= 11 is 7.59. The molecule has 2 atom stereocenters. The van der Waals surface area contributed by atoms with E-state index in [2.05, 4.69) is 5.32 Å². The summed E-state index contributed by atoms with van der Waals surface area (Å²) in [5.74, 6) is 0.890. The van der Waals surface area contributed by atoms with Gasteiger partial charge in [-0.15, -0.1) is 11.8 Å². The maximum absolute atomic E-state index is 13.2. The third-order valence-corrected chi connectivity index (χ3v) is 6.19. The van der Waals surface area contributed by atoms with Gasteiger partial charge in [0.25, 0.3) is 0 Å². The van der Waals surface area contributed by atoms with E-state index in [1.807, 2.05) is 75.4 Å². The summed E-state index contributed by atoms with van der Waals surface area (Å²) < 4.78 is 0. The predicted molar refractivity (Wildman–Crippen MR) is 127 cm³/mol. The molecule has 2 amide bonds. The highest BCUT2D eigenvalue weighted by atomic mass is 35.5. The van der Waals surface area contributed by atoms with Crippen molar-refractivity contribution in [3.8, 4) is 0 Å². The number of amides is 2. The lowest BCUT2D eigenvalue weighted by molar-refractivity contribution is -0.139. The smallest absolute Gasteiger partial charge is 0.243 e. The van der Waals surface area contributed by atoms with Crippen LogP contribution in [0.5, 0.6) is 0 Å². The zero-order chi connectivity index (χ0) is 21.9. The summed E-state index contributed by atoms with van der Waals surface area (Å²) in [5.41, 5.74) is 2.09. The Labute approximate surface area is 189 Å². The molecule has 0 aliphatic carbocycles. The molecule has 0 saturated heterocycles. The van der Waals surface area contributed by atoms with Gasteiger partial charge in [0.2, 0.25) is 11.8 Å². The van der Waals surface area contributed by atoms with Crippen molar-refractivity contribution >= 4 is 35.2 Å². The lowest BCUT2D eigenvalue weighted by Gasteiger charge is -2.31. The number of carbonyl (C=O) groups is 2. The Morgan fingerprint density at radius 2 is 1.73 bits per heavy atom. The van der Waals surface area contributed by atoms with E-state index in [9.17, 15) is 9.59 Å². The average Bonchev–Trinajstić information content (AvgIpc) is 2.74. The Kier molecular flexibility index (Phi) is 10.2. The molecule has 2 rings (SSSR count). The number of nitrogens with zero attached hydrogens (tertiary/aromatic N) is 1. The van der Waals surface area contributed by atoms with E-state index in [0.29, 0.717) is 29.5 Å². The normalized spacial score (nSPS) is 12.8. The van der Waals surface area contributed by atoms with Crippen molar-refractivity contribution < 1.29 is 9.59 Å². The first-order chi connectivity index (χ1) is 14.4. The molecule has 0 aliphatic rings. The average molecular weight is 447 g/mol. The SMILES string of the molecule is CC[C@H](C(=O)N[C@@H](C)CC)N(Cc1ccccc1)C(=O)CSCc1cccc(Cl)c1. The minimum Gasteiger partial charge on any atom is -0.352 e. The van der Waals surface area contributed by atoms with E-state index < -0.39 is 6.04 Å². The fourth-order valence-electron chi connectivity index (χ4n) is 3.11. The Hall–Kier alpha value is -1.98. The molecule has 1 N–H and O–H groups in total. The van der Waals surface area contributed by atoms with Crippen LogP contribution in [0.25, 0.3) is 0 Å². The topological polar surface area (TPSA) is 49.4 Å². The minimum absolute atomic E-state index is 0.0305. The number of thioether (sulfide) groups is 1. The maximum Gasteiger partial charge on any atom is 0.243 e. The van der Waals surface area contributed by atoms with Crippen LogP contribution in [-0.2, 0) is 21.9 Å². The van der Waals surface area contributed by atoms with Gasteiger partial charge in [-0.25, -0.2) is 0 Å². The molecule has 30 heavy (non-hydrogen) atoms. The molecule has 0 spiro atoms. The van der Waals surface area contributed by atoms with Crippen LogP contribution in [0.15, 0.2) is 54.6 Å². The van der Waals surface area contributed by atoms with Crippen molar-refractivity contribution in [3.63, 3.8) is 0 Å². The van der Waals surface area contributed by atoms with Crippen molar-refractivity contribution in [2.45, 2.75) is 58.0 Å². The standard InChI is InChI=1S/C24H31ClN2O2S/c1-4-18(3)26-24(29)22(5-2)27(15-19-10-7-6-8-11-19)23(28)17-30-16-20-12-9-13-21(25)14-20/h6-14,18,22H,4-5,15-17H2,1-3H3,(H,26,29)/t18-,22+/m0/s1. The molecule has 0 aliphatic heterocycles. The van der Waals surface area contributed by atoms with Gasteiger partial charge in [-0.2, -0.15) is 0 Å². The summed E-state index contributed by atoms with van der Waals surface area (Å²) in [5, 5.41) is 3.73. The zero-order valence-electron chi connectivity index (χ0n) is 17.9. The number of nitrogens with one attached hydrogen (secondary N) is 1. The largest absolute Gasteiger partial charge is 0.352 e. The summed E-state index contributed by atoms with van der Waals surface area (Å²) in [6.07, 6.45) is 1.42. The molecule has 0 unspecified atom stereocenters. The van der Waals surface area contributed by atoms with Crippen LogP contribution in [0.1, 0.15) is 44.7 Å².